The van der Waals surface area contributed by atoms with Gasteiger partial charge in [0.15, 0.2) is 5.65 Å². The molecule has 35 heavy (non-hydrogen) atoms. The van der Waals surface area contributed by atoms with E-state index in [0.717, 1.165) is 35.4 Å². The van der Waals surface area contributed by atoms with Gasteiger partial charge in [-0.2, -0.15) is 5.10 Å². The third-order valence-corrected chi connectivity index (χ3v) is 6.37. The van der Waals surface area contributed by atoms with Crippen LogP contribution in [0.15, 0.2) is 48.9 Å². The van der Waals surface area contributed by atoms with Crippen molar-refractivity contribution in [1.29, 1.82) is 0 Å². The number of anilines is 3. The molecule has 0 spiro atoms. The topological polar surface area (TPSA) is 117 Å². The molecular weight excluding hydrogens is 446 g/mol. The summed E-state index contributed by atoms with van der Waals surface area (Å²) in [6.45, 7) is 3.16. The first kappa shape index (κ1) is 22.5. The number of nitrogens with one attached hydrogen (secondary N) is 3. The Bertz CT molecular complexity index is 1370. The van der Waals surface area contributed by atoms with Gasteiger partial charge in [-0.25, -0.2) is 14.8 Å². The number of nitrogens with zero attached hydrogens (tertiary/aromatic N) is 4. The van der Waals surface area contributed by atoms with Crippen molar-refractivity contribution >= 4 is 34.3 Å². The van der Waals surface area contributed by atoms with Crippen LogP contribution in [0.3, 0.4) is 0 Å². The monoisotopic (exact) mass is 473 g/mol. The largest absolute Gasteiger partial charge is 0.497 e. The van der Waals surface area contributed by atoms with Gasteiger partial charge in [-0.1, -0.05) is 18.2 Å². The van der Waals surface area contributed by atoms with E-state index in [-0.39, 0.29) is 11.9 Å². The number of H-pyrrole nitrogens is 1. The van der Waals surface area contributed by atoms with Crippen LogP contribution in [-0.4, -0.2) is 53.5 Å². The highest BCUT2D eigenvalue weighted by molar-refractivity contribution is 5.91. The van der Waals surface area contributed by atoms with E-state index in [9.17, 15) is 4.79 Å². The van der Waals surface area contributed by atoms with Crippen molar-refractivity contribution in [3.8, 4) is 11.5 Å². The SMILES string of the molecule is COc1cc(NC(=O)NCCC2CN(c3ncnc4[nH]ncc34)c3ccccc32)c(C)c(OC)c1. The molecule has 0 fully saturated rings. The van der Waals surface area contributed by atoms with E-state index >= 15 is 0 Å². The third-order valence-electron chi connectivity index (χ3n) is 6.37. The summed E-state index contributed by atoms with van der Waals surface area (Å²) in [5, 5.41) is 13.8. The molecule has 0 radical (unpaired) electrons. The van der Waals surface area contributed by atoms with E-state index in [1.807, 2.05) is 19.1 Å². The number of amides is 2. The van der Waals surface area contributed by atoms with Crippen molar-refractivity contribution in [2.45, 2.75) is 19.3 Å². The molecule has 4 aromatic rings. The maximum atomic E-state index is 12.6. The maximum Gasteiger partial charge on any atom is 0.319 e. The normalized spacial score (nSPS) is 14.6. The Morgan fingerprint density at radius 2 is 2.06 bits per heavy atom. The molecule has 1 unspecified atom stereocenters. The highest BCUT2D eigenvalue weighted by Gasteiger charge is 2.31. The van der Waals surface area contributed by atoms with E-state index in [0.29, 0.717) is 29.4 Å². The van der Waals surface area contributed by atoms with Crippen molar-refractivity contribution in [3.05, 3.63) is 60.0 Å². The summed E-state index contributed by atoms with van der Waals surface area (Å²) in [5.74, 6) is 2.33. The molecule has 1 aliphatic rings. The number of benzene rings is 2. The number of ether oxygens (including phenoxy) is 2. The number of hydrogen-bond acceptors (Lipinski definition) is 7. The Kier molecular flexibility index (Phi) is 6.09. The molecule has 0 aliphatic carbocycles. The third kappa shape index (κ3) is 4.30. The predicted octanol–water partition coefficient (Wildman–Crippen LogP) is 4.13. The fourth-order valence-corrected chi connectivity index (χ4v) is 4.56. The Morgan fingerprint density at radius 1 is 1.20 bits per heavy atom. The average Bonchev–Trinajstić information content (AvgIpc) is 3.50. The molecule has 0 saturated carbocycles. The number of methoxy groups -OCH3 is 2. The van der Waals surface area contributed by atoms with E-state index in [1.54, 1.807) is 38.9 Å². The molecule has 10 nitrogen and oxygen atoms in total. The molecule has 180 valence electrons. The summed E-state index contributed by atoms with van der Waals surface area (Å²) in [6.07, 6.45) is 4.08. The van der Waals surface area contributed by atoms with Crippen LogP contribution in [0.5, 0.6) is 11.5 Å². The summed E-state index contributed by atoms with van der Waals surface area (Å²) in [6, 6.07) is 11.6. The van der Waals surface area contributed by atoms with Crippen molar-refractivity contribution in [3.63, 3.8) is 0 Å². The first-order valence-corrected chi connectivity index (χ1v) is 11.4. The van der Waals surface area contributed by atoms with Crippen LogP contribution in [0.1, 0.15) is 23.5 Å². The zero-order chi connectivity index (χ0) is 24.4. The first-order valence-electron chi connectivity index (χ1n) is 11.4. The Hall–Kier alpha value is -4.34. The van der Waals surface area contributed by atoms with Gasteiger partial charge in [0.25, 0.3) is 0 Å². The molecule has 10 heteroatoms. The number of fused-ring (bicyclic) bond motifs is 2. The van der Waals surface area contributed by atoms with Gasteiger partial charge < -0.3 is 25.0 Å². The minimum absolute atomic E-state index is 0.238. The molecule has 2 amide bonds. The number of carbonyl (C=O) groups is 1. The highest BCUT2D eigenvalue weighted by Crippen LogP contribution is 2.42. The molecule has 1 aliphatic heterocycles. The number of aromatic amines is 1. The molecule has 2 aromatic heterocycles. The van der Waals surface area contributed by atoms with Crippen LogP contribution in [0.4, 0.5) is 22.0 Å². The molecule has 0 saturated heterocycles. The van der Waals surface area contributed by atoms with Gasteiger partial charge in [0.2, 0.25) is 0 Å². The summed E-state index contributed by atoms with van der Waals surface area (Å²) in [4.78, 5) is 23.6. The number of para-hydroxylation sites is 1. The smallest absolute Gasteiger partial charge is 0.319 e. The lowest BCUT2D eigenvalue weighted by atomic mass is 9.98. The fraction of sp³-hybridized carbons (Fsp3) is 0.280. The zero-order valence-corrected chi connectivity index (χ0v) is 19.8. The molecule has 5 rings (SSSR count). The molecule has 3 N–H and O–H groups in total. The van der Waals surface area contributed by atoms with Gasteiger partial charge in [-0.05, 0) is 25.0 Å². The summed E-state index contributed by atoms with van der Waals surface area (Å²) >= 11 is 0. The molecular formula is C25H27N7O3. The van der Waals surface area contributed by atoms with Gasteiger partial charge in [-0.3, -0.25) is 5.10 Å². The van der Waals surface area contributed by atoms with E-state index in [2.05, 4.69) is 47.8 Å². The van der Waals surface area contributed by atoms with Crippen LogP contribution >= 0.6 is 0 Å². The van der Waals surface area contributed by atoms with E-state index < -0.39 is 0 Å². The predicted molar refractivity (Wildman–Crippen MR) is 134 cm³/mol. The molecule has 1 atom stereocenters. The first-order chi connectivity index (χ1) is 17.1. The highest BCUT2D eigenvalue weighted by atomic mass is 16.5. The molecule has 3 heterocycles. The lowest BCUT2D eigenvalue weighted by Crippen LogP contribution is -2.31. The second-order valence-electron chi connectivity index (χ2n) is 8.37. The second-order valence-corrected chi connectivity index (χ2v) is 8.37. The van der Waals surface area contributed by atoms with E-state index in [4.69, 9.17) is 9.47 Å². The maximum absolute atomic E-state index is 12.6. The Morgan fingerprint density at radius 3 is 2.89 bits per heavy atom. The zero-order valence-electron chi connectivity index (χ0n) is 19.8. The van der Waals surface area contributed by atoms with Gasteiger partial charge in [-0.15, -0.1) is 0 Å². The van der Waals surface area contributed by atoms with Crippen molar-refractivity contribution in [1.82, 2.24) is 25.5 Å². The molecule has 2 aromatic carbocycles. The van der Waals surface area contributed by atoms with Gasteiger partial charge in [0, 0.05) is 42.4 Å². The van der Waals surface area contributed by atoms with E-state index in [1.165, 1.54) is 5.56 Å². The number of rotatable bonds is 7. The number of urea groups is 1. The average molecular weight is 474 g/mol. The standard InChI is InChI=1S/C25H27N7O3/c1-15-20(10-17(34-2)11-22(15)35-3)30-25(33)26-9-8-16-13-32(21-7-5-4-6-18(16)21)24-19-12-29-31-23(19)27-14-28-24/h4-7,10-12,14,16H,8-9,13H2,1-3H3,(H2,26,30,33)(H,27,28,29,31). The van der Waals surface area contributed by atoms with Crippen LogP contribution < -0.4 is 25.0 Å². The van der Waals surface area contributed by atoms with Crippen LogP contribution in [0, 0.1) is 6.92 Å². The number of hydrogen-bond donors (Lipinski definition) is 3. The fourth-order valence-electron chi connectivity index (χ4n) is 4.56. The lowest BCUT2D eigenvalue weighted by molar-refractivity contribution is 0.251. The van der Waals surface area contributed by atoms with Crippen molar-refractivity contribution in [2.24, 2.45) is 0 Å². The summed E-state index contributed by atoms with van der Waals surface area (Å²) in [5.41, 5.74) is 4.53. The van der Waals surface area contributed by atoms with Crippen LogP contribution in [0.2, 0.25) is 0 Å². The Balaban J connectivity index is 1.26. The summed E-state index contributed by atoms with van der Waals surface area (Å²) in [7, 11) is 3.17. The second kappa shape index (κ2) is 9.49. The minimum Gasteiger partial charge on any atom is -0.497 e. The van der Waals surface area contributed by atoms with Gasteiger partial charge in [0.05, 0.1) is 31.5 Å². The number of carbonyl (C=O) groups excluding carboxylic acids is 1. The minimum atomic E-state index is -0.276. The summed E-state index contributed by atoms with van der Waals surface area (Å²) < 4.78 is 10.7. The van der Waals surface area contributed by atoms with Crippen molar-refractivity contribution in [2.75, 3.05) is 37.5 Å². The molecule has 0 bridgehead atoms. The lowest BCUT2D eigenvalue weighted by Gasteiger charge is -2.19. The van der Waals surface area contributed by atoms with Crippen LogP contribution in [-0.2, 0) is 0 Å². The quantitative estimate of drug-likeness (QED) is 0.369. The Labute approximate surface area is 202 Å². The van der Waals surface area contributed by atoms with Gasteiger partial charge in [0.1, 0.15) is 23.6 Å². The van der Waals surface area contributed by atoms with Crippen molar-refractivity contribution < 1.29 is 14.3 Å². The number of aromatic nitrogens is 4. The van der Waals surface area contributed by atoms with Gasteiger partial charge >= 0.3 is 6.03 Å². The van der Waals surface area contributed by atoms with Crippen LogP contribution in [0.25, 0.3) is 11.0 Å².